The Hall–Kier alpha value is -2.30. The Bertz CT molecular complexity index is 1190. The third-order valence-corrected chi connectivity index (χ3v) is 7.73. The summed E-state index contributed by atoms with van der Waals surface area (Å²) in [6.45, 7) is 4.79. The fraction of sp³-hybridized carbons (Fsp3) is 0.333. The number of sulfonamides is 1. The molecule has 0 aliphatic carbocycles. The largest absolute Gasteiger partial charge is 0.369 e. The number of aryl methyl sites for hydroxylation is 2. The molecule has 0 N–H and O–H groups in total. The molecule has 1 aliphatic heterocycles. The van der Waals surface area contributed by atoms with Crippen molar-refractivity contribution in [3.63, 3.8) is 0 Å². The van der Waals surface area contributed by atoms with Gasteiger partial charge >= 0.3 is 0 Å². The number of fused-ring (bicyclic) bond motifs is 1. The first kappa shape index (κ1) is 19.0. The van der Waals surface area contributed by atoms with E-state index in [1.165, 1.54) is 32.2 Å². The molecule has 0 amide bonds. The summed E-state index contributed by atoms with van der Waals surface area (Å²) >= 11 is 1.34. The van der Waals surface area contributed by atoms with Crippen LogP contribution in [0.5, 0.6) is 0 Å². The third-order valence-electron chi connectivity index (χ3n) is 4.80. The highest BCUT2D eigenvalue weighted by atomic mass is 32.2. The molecule has 1 aliphatic rings. The van der Waals surface area contributed by atoms with Gasteiger partial charge in [0.15, 0.2) is 9.86 Å². The van der Waals surface area contributed by atoms with Crippen LogP contribution in [0.2, 0.25) is 0 Å². The molecule has 3 aromatic rings. The van der Waals surface area contributed by atoms with E-state index < -0.39 is 15.6 Å². The van der Waals surface area contributed by atoms with Gasteiger partial charge in [-0.3, -0.25) is 9.20 Å². The van der Waals surface area contributed by atoms with Crippen LogP contribution < -0.4 is 10.5 Å². The molecule has 28 heavy (non-hydrogen) atoms. The molecule has 4 rings (SSSR count). The van der Waals surface area contributed by atoms with Gasteiger partial charge in [-0.15, -0.1) is 11.3 Å². The van der Waals surface area contributed by atoms with Crippen LogP contribution in [-0.2, 0) is 10.0 Å². The lowest BCUT2D eigenvalue weighted by atomic mass is 10.2. The predicted octanol–water partition coefficient (Wildman–Crippen LogP) is 2.02. The van der Waals surface area contributed by atoms with Gasteiger partial charge in [0.05, 0.1) is 5.69 Å². The van der Waals surface area contributed by atoms with Crippen LogP contribution in [0, 0.1) is 19.7 Å². The molecule has 10 heteroatoms. The van der Waals surface area contributed by atoms with Gasteiger partial charge in [-0.1, -0.05) is 0 Å². The molecule has 1 saturated heterocycles. The van der Waals surface area contributed by atoms with Crippen LogP contribution in [0.25, 0.3) is 4.96 Å². The van der Waals surface area contributed by atoms with E-state index in [2.05, 4.69) is 4.98 Å². The number of thiazole rings is 1. The zero-order valence-electron chi connectivity index (χ0n) is 15.4. The van der Waals surface area contributed by atoms with E-state index in [0.29, 0.717) is 18.1 Å². The molecule has 3 heterocycles. The lowest BCUT2D eigenvalue weighted by Gasteiger charge is -2.35. The SMILES string of the molecule is Cc1cn2c(=O)c(S(=O)(=O)N3CCN(c4ccc(F)cc4)CC3)c(C)nc2s1. The summed E-state index contributed by atoms with van der Waals surface area (Å²) in [5, 5.41) is 0. The van der Waals surface area contributed by atoms with Crippen molar-refractivity contribution in [2.24, 2.45) is 0 Å². The Morgan fingerprint density at radius 2 is 1.71 bits per heavy atom. The van der Waals surface area contributed by atoms with Gasteiger partial charge in [0.25, 0.3) is 15.6 Å². The highest BCUT2D eigenvalue weighted by Crippen LogP contribution is 2.22. The minimum absolute atomic E-state index is 0.216. The molecule has 2 aromatic heterocycles. The molecular weight excluding hydrogens is 403 g/mol. The molecule has 0 radical (unpaired) electrons. The maximum Gasteiger partial charge on any atom is 0.279 e. The number of hydrogen-bond donors (Lipinski definition) is 0. The van der Waals surface area contributed by atoms with E-state index in [1.54, 1.807) is 25.3 Å². The van der Waals surface area contributed by atoms with E-state index in [4.69, 9.17) is 0 Å². The molecule has 148 valence electrons. The first-order valence-corrected chi connectivity index (χ1v) is 11.0. The predicted molar refractivity (Wildman–Crippen MR) is 106 cm³/mol. The number of aromatic nitrogens is 2. The van der Waals surface area contributed by atoms with Crippen molar-refractivity contribution in [2.75, 3.05) is 31.1 Å². The number of rotatable bonds is 3. The zero-order chi connectivity index (χ0) is 20.1. The van der Waals surface area contributed by atoms with E-state index in [-0.39, 0.29) is 29.5 Å². The smallest absolute Gasteiger partial charge is 0.279 e. The normalized spacial score (nSPS) is 16.0. The summed E-state index contributed by atoms with van der Waals surface area (Å²) in [6, 6.07) is 6.11. The van der Waals surface area contributed by atoms with Crippen molar-refractivity contribution in [2.45, 2.75) is 18.7 Å². The van der Waals surface area contributed by atoms with E-state index in [9.17, 15) is 17.6 Å². The molecule has 0 spiro atoms. The van der Waals surface area contributed by atoms with Gasteiger partial charge in [0.1, 0.15) is 5.82 Å². The Morgan fingerprint density at radius 3 is 2.36 bits per heavy atom. The fourth-order valence-electron chi connectivity index (χ4n) is 3.40. The number of halogens is 1. The fourth-order valence-corrected chi connectivity index (χ4v) is 5.90. The lowest BCUT2D eigenvalue weighted by Crippen LogP contribution is -2.49. The van der Waals surface area contributed by atoms with Crippen LogP contribution in [0.3, 0.4) is 0 Å². The molecule has 7 nitrogen and oxygen atoms in total. The summed E-state index contributed by atoms with van der Waals surface area (Å²) in [6.07, 6.45) is 1.61. The van der Waals surface area contributed by atoms with Crippen molar-refractivity contribution < 1.29 is 12.8 Å². The molecular formula is C18H19FN4O3S2. The van der Waals surface area contributed by atoms with Crippen LogP contribution in [-0.4, -0.2) is 48.3 Å². The second kappa shape index (κ2) is 6.94. The van der Waals surface area contributed by atoms with Crippen molar-refractivity contribution in [3.8, 4) is 0 Å². The van der Waals surface area contributed by atoms with E-state index in [1.807, 2.05) is 11.8 Å². The maximum atomic E-state index is 13.2. The first-order chi connectivity index (χ1) is 13.3. The second-order valence-electron chi connectivity index (χ2n) is 6.69. The minimum atomic E-state index is -3.96. The monoisotopic (exact) mass is 422 g/mol. The molecule has 0 atom stereocenters. The average molecular weight is 423 g/mol. The summed E-state index contributed by atoms with van der Waals surface area (Å²) in [7, 11) is -3.96. The second-order valence-corrected chi connectivity index (χ2v) is 9.78. The van der Waals surface area contributed by atoms with Crippen molar-refractivity contribution in [1.82, 2.24) is 13.7 Å². The third kappa shape index (κ3) is 3.21. The number of anilines is 1. The summed E-state index contributed by atoms with van der Waals surface area (Å²) in [5.41, 5.74) is 0.493. The first-order valence-electron chi connectivity index (χ1n) is 8.77. The topological polar surface area (TPSA) is 75.0 Å². The Morgan fingerprint density at radius 1 is 1.07 bits per heavy atom. The molecule has 0 unspecified atom stereocenters. The zero-order valence-corrected chi connectivity index (χ0v) is 17.1. The van der Waals surface area contributed by atoms with Gasteiger partial charge in [0.2, 0.25) is 0 Å². The van der Waals surface area contributed by atoms with Crippen molar-refractivity contribution >= 4 is 32.0 Å². The van der Waals surface area contributed by atoms with Crippen LogP contribution in [0.4, 0.5) is 10.1 Å². The number of benzene rings is 1. The van der Waals surface area contributed by atoms with Gasteiger partial charge < -0.3 is 4.90 Å². The van der Waals surface area contributed by atoms with Gasteiger partial charge in [-0.2, -0.15) is 4.31 Å². The summed E-state index contributed by atoms with van der Waals surface area (Å²) < 4.78 is 42.1. The van der Waals surface area contributed by atoms with Crippen molar-refractivity contribution in [1.29, 1.82) is 0 Å². The standard InChI is InChI=1S/C18H19FN4O3S2/c1-12-11-23-17(24)16(13(2)20-18(23)27-12)28(25,26)22-9-7-21(8-10-22)15-5-3-14(19)4-6-15/h3-6,11H,7-10H2,1-2H3. The number of nitrogens with zero attached hydrogens (tertiary/aromatic N) is 4. The van der Waals surface area contributed by atoms with Gasteiger partial charge in [-0.25, -0.2) is 17.8 Å². The molecule has 1 fully saturated rings. The summed E-state index contributed by atoms with van der Waals surface area (Å²) in [5.74, 6) is -0.313. The van der Waals surface area contributed by atoms with Crippen LogP contribution in [0.15, 0.2) is 40.2 Å². The minimum Gasteiger partial charge on any atom is -0.369 e. The highest BCUT2D eigenvalue weighted by molar-refractivity contribution is 7.89. The van der Waals surface area contributed by atoms with E-state index in [0.717, 1.165) is 10.6 Å². The maximum absolute atomic E-state index is 13.2. The Kier molecular flexibility index (Phi) is 4.72. The lowest BCUT2D eigenvalue weighted by molar-refractivity contribution is 0.384. The Balaban J connectivity index is 1.62. The van der Waals surface area contributed by atoms with Crippen molar-refractivity contribution in [3.05, 3.63) is 57.2 Å². The van der Waals surface area contributed by atoms with E-state index >= 15 is 0 Å². The van der Waals surface area contributed by atoms with Crippen LogP contribution >= 0.6 is 11.3 Å². The molecule has 0 bridgehead atoms. The van der Waals surface area contributed by atoms with Crippen LogP contribution in [0.1, 0.15) is 10.6 Å². The average Bonchev–Trinajstić information content (AvgIpc) is 3.03. The number of piperazine rings is 1. The van der Waals surface area contributed by atoms with Gasteiger partial charge in [0, 0.05) is 42.9 Å². The quantitative estimate of drug-likeness (QED) is 0.646. The Labute approximate surface area is 165 Å². The molecule has 1 aromatic carbocycles. The number of hydrogen-bond acceptors (Lipinski definition) is 6. The highest BCUT2D eigenvalue weighted by Gasteiger charge is 2.33. The van der Waals surface area contributed by atoms with Gasteiger partial charge in [-0.05, 0) is 38.1 Å². The molecule has 0 saturated carbocycles. The summed E-state index contributed by atoms with van der Waals surface area (Å²) in [4.78, 5) is 20.3.